The summed E-state index contributed by atoms with van der Waals surface area (Å²) in [5.74, 6) is -0.0832. The van der Waals surface area contributed by atoms with Crippen molar-refractivity contribution in [3.05, 3.63) is 95.6 Å². The van der Waals surface area contributed by atoms with Crippen molar-refractivity contribution in [2.24, 2.45) is 0 Å². The molecule has 4 nitrogen and oxygen atoms in total. The van der Waals surface area contributed by atoms with E-state index in [4.69, 9.17) is 0 Å². The van der Waals surface area contributed by atoms with Crippen LogP contribution in [0.15, 0.2) is 78.9 Å². The number of likely N-dealkylation sites (N-methyl/N-ethyl adjacent to an activating group) is 1. The highest BCUT2D eigenvalue weighted by Gasteiger charge is 2.27. The minimum Gasteiger partial charge on any atom is -0.354 e. The van der Waals surface area contributed by atoms with Crippen LogP contribution in [0.25, 0.3) is 11.3 Å². The number of para-hydroxylation sites is 1. The Morgan fingerprint density at radius 2 is 1.59 bits per heavy atom. The van der Waals surface area contributed by atoms with Crippen molar-refractivity contribution in [1.29, 1.82) is 0 Å². The first-order valence-corrected chi connectivity index (χ1v) is 9.83. The van der Waals surface area contributed by atoms with Crippen molar-refractivity contribution in [3.8, 4) is 0 Å². The number of fused-ring (bicyclic) bond motifs is 1. The second-order valence-corrected chi connectivity index (χ2v) is 7.49. The number of nitrogens with zero attached hydrogens (tertiary/aromatic N) is 1. The summed E-state index contributed by atoms with van der Waals surface area (Å²) in [5, 5.41) is 6.49. The normalized spacial score (nSPS) is 14.5. The van der Waals surface area contributed by atoms with Crippen LogP contribution in [0.1, 0.15) is 16.7 Å². The molecule has 3 aromatic carbocycles. The number of nitrogens with one attached hydrogen (secondary N) is 2. The Morgan fingerprint density at radius 1 is 0.897 bits per heavy atom. The minimum atomic E-state index is -0.0832. The fourth-order valence-corrected chi connectivity index (χ4v) is 3.50. The Hall–Kier alpha value is -3.37. The first-order chi connectivity index (χ1) is 14.1. The molecule has 4 heteroatoms. The molecule has 29 heavy (non-hydrogen) atoms. The van der Waals surface area contributed by atoms with E-state index in [0.29, 0.717) is 5.57 Å². The summed E-state index contributed by atoms with van der Waals surface area (Å²) >= 11 is 0. The lowest BCUT2D eigenvalue weighted by atomic mass is 10.00. The quantitative estimate of drug-likeness (QED) is 0.605. The third kappa shape index (κ3) is 4.23. The molecule has 0 aromatic heterocycles. The highest BCUT2D eigenvalue weighted by Crippen LogP contribution is 2.37. The van der Waals surface area contributed by atoms with Crippen LogP contribution < -0.4 is 10.6 Å². The van der Waals surface area contributed by atoms with Crippen molar-refractivity contribution in [2.45, 2.75) is 6.42 Å². The molecule has 1 amide bonds. The van der Waals surface area contributed by atoms with E-state index in [1.165, 1.54) is 5.56 Å². The van der Waals surface area contributed by atoms with Crippen molar-refractivity contribution < 1.29 is 4.79 Å². The number of rotatable bonds is 6. The van der Waals surface area contributed by atoms with Gasteiger partial charge >= 0.3 is 0 Å². The molecule has 4 rings (SSSR count). The third-order valence-electron chi connectivity index (χ3n) is 5.06. The number of hydrogen-bond donors (Lipinski definition) is 2. The highest BCUT2D eigenvalue weighted by atomic mass is 16.2. The molecule has 146 valence electrons. The predicted molar refractivity (Wildman–Crippen MR) is 121 cm³/mol. The van der Waals surface area contributed by atoms with Crippen LogP contribution in [0.2, 0.25) is 0 Å². The Morgan fingerprint density at radius 3 is 2.31 bits per heavy atom. The van der Waals surface area contributed by atoms with Gasteiger partial charge in [-0.3, -0.25) is 4.79 Å². The molecule has 0 spiro atoms. The van der Waals surface area contributed by atoms with Gasteiger partial charge in [-0.25, -0.2) is 0 Å². The molecule has 1 aliphatic heterocycles. The predicted octanol–water partition coefficient (Wildman–Crippen LogP) is 4.72. The summed E-state index contributed by atoms with van der Waals surface area (Å²) in [7, 11) is 4.16. The lowest BCUT2D eigenvalue weighted by Crippen LogP contribution is -2.15. The Bertz CT molecular complexity index is 1040. The van der Waals surface area contributed by atoms with Crippen molar-refractivity contribution in [1.82, 2.24) is 4.90 Å². The summed E-state index contributed by atoms with van der Waals surface area (Å²) in [6.45, 7) is 1.02. The van der Waals surface area contributed by atoms with Crippen LogP contribution in [-0.2, 0) is 11.2 Å². The monoisotopic (exact) mass is 383 g/mol. The number of carbonyl (C=O) groups is 1. The van der Waals surface area contributed by atoms with Crippen LogP contribution in [0, 0.1) is 0 Å². The lowest BCUT2D eigenvalue weighted by molar-refractivity contribution is -0.110. The van der Waals surface area contributed by atoms with Gasteiger partial charge in [-0.1, -0.05) is 60.7 Å². The van der Waals surface area contributed by atoms with Crippen LogP contribution in [0.3, 0.4) is 0 Å². The average Bonchev–Trinajstić information content (AvgIpc) is 3.07. The molecule has 0 bridgehead atoms. The van der Waals surface area contributed by atoms with Gasteiger partial charge in [0.15, 0.2) is 0 Å². The molecule has 0 radical (unpaired) electrons. The number of carbonyl (C=O) groups excluding carboxylic acids is 1. The first kappa shape index (κ1) is 19.0. The van der Waals surface area contributed by atoms with Gasteiger partial charge in [-0.05, 0) is 49.8 Å². The van der Waals surface area contributed by atoms with Gasteiger partial charge in [0.05, 0.1) is 11.3 Å². The molecule has 0 saturated heterocycles. The molecule has 0 unspecified atom stereocenters. The van der Waals surface area contributed by atoms with E-state index < -0.39 is 0 Å². The van der Waals surface area contributed by atoms with Gasteiger partial charge in [0.25, 0.3) is 5.91 Å². The zero-order chi connectivity index (χ0) is 20.2. The number of benzene rings is 3. The van der Waals surface area contributed by atoms with Crippen LogP contribution in [-0.4, -0.2) is 31.4 Å². The van der Waals surface area contributed by atoms with Gasteiger partial charge in [0.1, 0.15) is 0 Å². The largest absolute Gasteiger partial charge is 0.354 e. The van der Waals surface area contributed by atoms with Gasteiger partial charge in [0, 0.05) is 23.5 Å². The lowest BCUT2D eigenvalue weighted by Gasteiger charge is -2.15. The molecule has 0 fully saturated rings. The standard InChI is InChI=1S/C25H25N3O/c1-28(2)17-16-18-12-14-20(15-13-18)26-24(19-8-4-3-5-9-19)23-21-10-6-7-11-22(21)27-25(23)29/h3-15,26H,16-17H2,1-2H3,(H,27,29)/b24-23-. The number of anilines is 2. The van der Waals surface area contributed by atoms with E-state index in [9.17, 15) is 4.79 Å². The SMILES string of the molecule is CN(C)CCc1ccc(N/C(=C2\C(=O)Nc3ccccc32)c2ccccc2)cc1. The second-order valence-electron chi connectivity index (χ2n) is 7.49. The summed E-state index contributed by atoms with van der Waals surface area (Å²) in [5.41, 5.74) is 6.49. The van der Waals surface area contributed by atoms with E-state index >= 15 is 0 Å². The van der Waals surface area contributed by atoms with Crippen LogP contribution >= 0.6 is 0 Å². The van der Waals surface area contributed by atoms with Crippen molar-refractivity contribution in [3.63, 3.8) is 0 Å². The fourth-order valence-electron chi connectivity index (χ4n) is 3.50. The minimum absolute atomic E-state index is 0.0832. The van der Waals surface area contributed by atoms with Crippen molar-refractivity contribution >= 4 is 28.6 Å². The molecule has 0 saturated carbocycles. The highest BCUT2D eigenvalue weighted by molar-refractivity contribution is 6.37. The average molecular weight is 383 g/mol. The molecule has 1 aliphatic rings. The second kappa shape index (κ2) is 8.33. The third-order valence-corrected chi connectivity index (χ3v) is 5.06. The van der Waals surface area contributed by atoms with E-state index in [0.717, 1.165) is 41.2 Å². The van der Waals surface area contributed by atoms with Gasteiger partial charge in [-0.15, -0.1) is 0 Å². The van der Waals surface area contributed by atoms with E-state index in [-0.39, 0.29) is 5.91 Å². The van der Waals surface area contributed by atoms with Crippen LogP contribution in [0.5, 0.6) is 0 Å². The Balaban J connectivity index is 1.71. The van der Waals surface area contributed by atoms with E-state index in [1.807, 2.05) is 54.6 Å². The maximum Gasteiger partial charge on any atom is 0.258 e. The topological polar surface area (TPSA) is 44.4 Å². The summed E-state index contributed by atoms with van der Waals surface area (Å²) in [4.78, 5) is 15.0. The van der Waals surface area contributed by atoms with Crippen molar-refractivity contribution in [2.75, 3.05) is 31.3 Å². The van der Waals surface area contributed by atoms with Gasteiger partial charge in [-0.2, -0.15) is 0 Å². The van der Waals surface area contributed by atoms with Gasteiger partial charge < -0.3 is 15.5 Å². The maximum atomic E-state index is 12.8. The molecule has 1 heterocycles. The Kier molecular flexibility index (Phi) is 5.45. The summed E-state index contributed by atoms with van der Waals surface area (Å²) in [6, 6.07) is 26.2. The summed E-state index contributed by atoms with van der Waals surface area (Å²) < 4.78 is 0. The zero-order valence-electron chi connectivity index (χ0n) is 16.8. The maximum absolute atomic E-state index is 12.8. The number of hydrogen-bond acceptors (Lipinski definition) is 3. The van der Waals surface area contributed by atoms with Crippen LogP contribution in [0.4, 0.5) is 11.4 Å². The Labute approximate surface area is 171 Å². The van der Waals surface area contributed by atoms with Gasteiger partial charge in [0.2, 0.25) is 0 Å². The fraction of sp³-hybridized carbons (Fsp3) is 0.160. The number of amides is 1. The molecular weight excluding hydrogens is 358 g/mol. The molecule has 0 atom stereocenters. The van der Waals surface area contributed by atoms with E-state index in [1.54, 1.807) is 0 Å². The zero-order valence-corrected chi connectivity index (χ0v) is 16.8. The molecular formula is C25H25N3O. The molecule has 3 aromatic rings. The van der Waals surface area contributed by atoms with E-state index in [2.05, 4.69) is 53.9 Å². The summed E-state index contributed by atoms with van der Waals surface area (Å²) in [6.07, 6.45) is 1.01. The molecule has 0 aliphatic carbocycles. The first-order valence-electron chi connectivity index (χ1n) is 9.83. The molecule has 2 N–H and O–H groups in total. The smallest absolute Gasteiger partial charge is 0.258 e.